The Morgan fingerprint density at radius 3 is 2.25 bits per heavy atom. The average Bonchev–Trinajstić information content (AvgIpc) is 2.49. The standard InChI is InChI=1S/C7H8ClN3O4S/c8-7-4(9-10-16-7)1-11(2-5(12)13)3-6(14)15/h1-3H2,(H,12,13)(H,14,15). The molecule has 0 saturated heterocycles. The SMILES string of the molecule is O=C(O)CN(CC(=O)O)Cc1nnsc1Cl. The van der Waals surface area contributed by atoms with Crippen LogP contribution in [0.3, 0.4) is 0 Å². The first kappa shape index (κ1) is 12.8. The van der Waals surface area contributed by atoms with Crippen molar-refractivity contribution < 1.29 is 19.8 Å². The molecular weight excluding hydrogens is 258 g/mol. The predicted molar refractivity (Wildman–Crippen MR) is 55.5 cm³/mol. The van der Waals surface area contributed by atoms with Gasteiger partial charge in [0.15, 0.2) is 0 Å². The van der Waals surface area contributed by atoms with Crippen LogP contribution in [0, 0.1) is 0 Å². The third-order valence-corrected chi connectivity index (χ3v) is 2.58. The maximum absolute atomic E-state index is 10.5. The molecule has 0 spiro atoms. The van der Waals surface area contributed by atoms with Crippen molar-refractivity contribution in [3.63, 3.8) is 0 Å². The summed E-state index contributed by atoms with van der Waals surface area (Å²) in [4.78, 5) is 22.2. The zero-order valence-electron chi connectivity index (χ0n) is 7.96. The summed E-state index contributed by atoms with van der Waals surface area (Å²) in [7, 11) is 0. The molecule has 0 aliphatic heterocycles. The molecule has 0 fully saturated rings. The number of hydrogen-bond donors (Lipinski definition) is 2. The second kappa shape index (κ2) is 5.73. The van der Waals surface area contributed by atoms with E-state index in [1.54, 1.807) is 0 Å². The summed E-state index contributed by atoms with van der Waals surface area (Å²) >= 11 is 6.70. The summed E-state index contributed by atoms with van der Waals surface area (Å²) in [6.45, 7) is -0.728. The van der Waals surface area contributed by atoms with Gasteiger partial charge < -0.3 is 10.2 Å². The number of aromatic nitrogens is 2. The Kier molecular flexibility index (Phi) is 4.59. The van der Waals surface area contributed by atoms with Crippen LogP contribution in [0.2, 0.25) is 4.34 Å². The molecule has 7 nitrogen and oxygen atoms in total. The van der Waals surface area contributed by atoms with E-state index in [1.807, 2.05) is 0 Å². The summed E-state index contributed by atoms with van der Waals surface area (Å²) in [5, 5.41) is 20.9. The molecule has 1 rings (SSSR count). The topological polar surface area (TPSA) is 104 Å². The van der Waals surface area contributed by atoms with Gasteiger partial charge in [0.1, 0.15) is 10.0 Å². The van der Waals surface area contributed by atoms with E-state index in [4.69, 9.17) is 21.8 Å². The van der Waals surface area contributed by atoms with Gasteiger partial charge in [-0.25, -0.2) is 0 Å². The van der Waals surface area contributed by atoms with Gasteiger partial charge in [-0.15, -0.1) is 5.10 Å². The minimum absolute atomic E-state index is 0.0495. The molecule has 0 aromatic carbocycles. The van der Waals surface area contributed by atoms with Crippen LogP contribution in [0.4, 0.5) is 0 Å². The first-order valence-electron chi connectivity index (χ1n) is 4.11. The Bertz CT molecular complexity index is 381. The highest BCUT2D eigenvalue weighted by molar-refractivity contribution is 7.10. The van der Waals surface area contributed by atoms with Crippen LogP contribution in [0.15, 0.2) is 0 Å². The van der Waals surface area contributed by atoms with Crippen LogP contribution in [0.1, 0.15) is 5.69 Å². The number of carboxylic acids is 2. The smallest absolute Gasteiger partial charge is 0.317 e. The normalized spacial score (nSPS) is 10.6. The van der Waals surface area contributed by atoms with Gasteiger partial charge in [-0.3, -0.25) is 14.5 Å². The number of halogens is 1. The van der Waals surface area contributed by atoms with Gasteiger partial charge in [0, 0.05) is 18.1 Å². The lowest BCUT2D eigenvalue weighted by atomic mass is 10.4. The minimum Gasteiger partial charge on any atom is -0.480 e. The van der Waals surface area contributed by atoms with Crippen LogP contribution in [-0.4, -0.2) is 49.7 Å². The van der Waals surface area contributed by atoms with E-state index in [-0.39, 0.29) is 19.6 Å². The minimum atomic E-state index is -1.11. The van der Waals surface area contributed by atoms with Gasteiger partial charge in [-0.1, -0.05) is 16.1 Å². The van der Waals surface area contributed by atoms with Crippen LogP contribution in [0.25, 0.3) is 0 Å². The first-order valence-corrected chi connectivity index (χ1v) is 5.27. The maximum atomic E-state index is 10.5. The highest BCUT2D eigenvalue weighted by Crippen LogP contribution is 2.18. The lowest BCUT2D eigenvalue weighted by Crippen LogP contribution is -2.34. The van der Waals surface area contributed by atoms with Crippen LogP contribution in [0.5, 0.6) is 0 Å². The molecule has 0 unspecified atom stereocenters. The lowest BCUT2D eigenvalue weighted by Gasteiger charge is -2.16. The molecule has 1 aromatic rings. The molecule has 1 heterocycles. The summed E-state index contributed by atoms with van der Waals surface area (Å²) in [5.41, 5.74) is 0.383. The van der Waals surface area contributed by atoms with E-state index in [0.29, 0.717) is 10.0 Å². The fraction of sp³-hybridized carbons (Fsp3) is 0.429. The van der Waals surface area contributed by atoms with Crippen LogP contribution < -0.4 is 0 Å². The number of nitrogens with zero attached hydrogens (tertiary/aromatic N) is 3. The van der Waals surface area contributed by atoms with Crippen molar-refractivity contribution in [3.05, 3.63) is 10.0 Å². The van der Waals surface area contributed by atoms with Crippen molar-refractivity contribution in [3.8, 4) is 0 Å². The first-order chi connectivity index (χ1) is 7.49. The summed E-state index contributed by atoms with van der Waals surface area (Å²) in [6.07, 6.45) is 0. The van der Waals surface area contributed by atoms with Crippen molar-refractivity contribution >= 4 is 35.1 Å². The van der Waals surface area contributed by atoms with E-state index in [1.165, 1.54) is 4.90 Å². The molecule has 1 aromatic heterocycles. The van der Waals surface area contributed by atoms with Crippen LogP contribution in [-0.2, 0) is 16.1 Å². The molecule has 0 atom stereocenters. The number of aliphatic carboxylic acids is 2. The van der Waals surface area contributed by atoms with Gasteiger partial charge in [-0.05, 0) is 0 Å². The van der Waals surface area contributed by atoms with Gasteiger partial charge in [0.05, 0.1) is 13.1 Å². The van der Waals surface area contributed by atoms with Gasteiger partial charge >= 0.3 is 11.9 Å². The van der Waals surface area contributed by atoms with Crippen molar-refractivity contribution in [1.29, 1.82) is 0 Å². The summed E-state index contributed by atoms with van der Waals surface area (Å²) in [5.74, 6) is -2.22. The Morgan fingerprint density at radius 1 is 1.31 bits per heavy atom. The van der Waals surface area contributed by atoms with E-state index in [9.17, 15) is 9.59 Å². The maximum Gasteiger partial charge on any atom is 0.317 e. The molecule has 88 valence electrons. The highest BCUT2D eigenvalue weighted by Gasteiger charge is 2.17. The third-order valence-electron chi connectivity index (χ3n) is 1.60. The Hall–Kier alpha value is -1.25. The van der Waals surface area contributed by atoms with Gasteiger partial charge in [-0.2, -0.15) is 0 Å². The molecule has 0 saturated carbocycles. The number of rotatable bonds is 6. The van der Waals surface area contributed by atoms with Crippen molar-refractivity contribution in [2.24, 2.45) is 0 Å². The third kappa shape index (κ3) is 4.09. The number of carbonyl (C=O) groups is 2. The summed E-state index contributed by atoms with van der Waals surface area (Å²) in [6, 6.07) is 0. The monoisotopic (exact) mass is 265 g/mol. The zero-order chi connectivity index (χ0) is 12.1. The molecule has 0 radical (unpaired) electrons. The summed E-state index contributed by atoms with van der Waals surface area (Å²) < 4.78 is 3.91. The van der Waals surface area contributed by atoms with E-state index in [0.717, 1.165) is 11.5 Å². The average molecular weight is 266 g/mol. The van der Waals surface area contributed by atoms with Crippen molar-refractivity contribution in [2.75, 3.05) is 13.1 Å². The van der Waals surface area contributed by atoms with Crippen LogP contribution >= 0.6 is 23.1 Å². The highest BCUT2D eigenvalue weighted by atomic mass is 35.5. The Morgan fingerprint density at radius 2 is 1.88 bits per heavy atom. The molecule has 16 heavy (non-hydrogen) atoms. The molecule has 0 bridgehead atoms. The van der Waals surface area contributed by atoms with E-state index < -0.39 is 11.9 Å². The van der Waals surface area contributed by atoms with Gasteiger partial charge in [0.25, 0.3) is 0 Å². The Balaban J connectivity index is 2.66. The molecule has 0 aliphatic rings. The quantitative estimate of drug-likeness (QED) is 0.755. The van der Waals surface area contributed by atoms with Gasteiger partial charge in [0.2, 0.25) is 0 Å². The second-order valence-corrected chi connectivity index (χ2v) is 4.28. The molecule has 0 aliphatic carbocycles. The fourth-order valence-corrected chi connectivity index (χ4v) is 1.67. The molecule has 0 amide bonds. The molecule has 2 N–H and O–H groups in total. The second-order valence-electron chi connectivity index (χ2n) is 2.93. The fourth-order valence-electron chi connectivity index (χ4n) is 1.05. The largest absolute Gasteiger partial charge is 0.480 e. The number of hydrogen-bond acceptors (Lipinski definition) is 6. The number of carboxylic acid groups (broad SMARTS) is 2. The predicted octanol–water partition coefficient (Wildman–Crippen LogP) is 0.163. The van der Waals surface area contributed by atoms with E-state index in [2.05, 4.69) is 9.59 Å². The van der Waals surface area contributed by atoms with Crippen molar-refractivity contribution in [1.82, 2.24) is 14.5 Å². The lowest BCUT2D eigenvalue weighted by molar-refractivity contribution is -0.142. The molecular formula is C7H8ClN3O4S. The molecule has 9 heteroatoms. The van der Waals surface area contributed by atoms with E-state index >= 15 is 0 Å². The van der Waals surface area contributed by atoms with Crippen molar-refractivity contribution in [2.45, 2.75) is 6.54 Å². The zero-order valence-corrected chi connectivity index (χ0v) is 9.53. The Labute approximate surface area is 99.4 Å².